The summed E-state index contributed by atoms with van der Waals surface area (Å²) in [6.07, 6.45) is 4.35. The smallest absolute Gasteiger partial charge is 0.0810 e. The van der Waals surface area contributed by atoms with Gasteiger partial charge in [0.2, 0.25) is 0 Å². The maximum Gasteiger partial charge on any atom is 0.0810 e. The Morgan fingerprint density at radius 2 is 2.15 bits per heavy atom. The molecule has 1 aliphatic rings. The topological polar surface area (TPSA) is 21.3 Å². The molecule has 1 fully saturated rings. The summed E-state index contributed by atoms with van der Waals surface area (Å²) in [6.45, 7) is 6.12. The predicted octanol–water partition coefficient (Wildman–Crippen LogP) is 4.47. The zero-order valence-corrected chi connectivity index (χ0v) is 13.7. The maximum absolute atomic E-state index is 6.31. The van der Waals surface area contributed by atoms with E-state index >= 15 is 0 Å². The minimum Gasteiger partial charge on any atom is -0.374 e. The quantitative estimate of drug-likeness (QED) is 0.865. The van der Waals surface area contributed by atoms with Gasteiger partial charge in [0.25, 0.3) is 0 Å². The number of likely N-dealkylation sites (N-methyl/N-ethyl adjacent to an activating group) is 1. The monoisotopic (exact) mass is 315 g/mol. The van der Waals surface area contributed by atoms with Crippen LogP contribution in [0.25, 0.3) is 0 Å². The first-order chi connectivity index (χ1) is 9.55. The molecule has 0 saturated carbocycles. The van der Waals surface area contributed by atoms with Crippen LogP contribution in [0.3, 0.4) is 0 Å². The number of benzene rings is 1. The van der Waals surface area contributed by atoms with E-state index in [1.54, 1.807) is 0 Å². The van der Waals surface area contributed by atoms with E-state index < -0.39 is 0 Å². The van der Waals surface area contributed by atoms with Crippen molar-refractivity contribution in [2.75, 3.05) is 13.2 Å². The molecule has 2 rings (SSSR count). The molecular formula is C16H23Cl2NO. The van der Waals surface area contributed by atoms with Crippen molar-refractivity contribution in [3.05, 3.63) is 33.8 Å². The van der Waals surface area contributed by atoms with Gasteiger partial charge in [0, 0.05) is 22.7 Å². The molecule has 2 unspecified atom stereocenters. The summed E-state index contributed by atoms with van der Waals surface area (Å²) in [7, 11) is 0. The fraction of sp³-hybridized carbons (Fsp3) is 0.625. The van der Waals surface area contributed by atoms with Crippen molar-refractivity contribution in [3.8, 4) is 0 Å². The van der Waals surface area contributed by atoms with E-state index in [0.717, 1.165) is 43.0 Å². The highest BCUT2D eigenvalue weighted by Crippen LogP contribution is 2.31. The average Bonchev–Trinajstić information content (AvgIpc) is 2.42. The molecule has 1 aromatic carbocycles. The van der Waals surface area contributed by atoms with Crippen molar-refractivity contribution in [3.63, 3.8) is 0 Å². The number of ether oxygens (including phenoxy) is 1. The van der Waals surface area contributed by atoms with Crippen molar-refractivity contribution in [2.45, 2.75) is 51.2 Å². The number of hydrogen-bond donors (Lipinski definition) is 1. The SMILES string of the molecule is CCNC(Cc1ccc(Cl)cc1Cl)C1(C)CCCCO1. The van der Waals surface area contributed by atoms with E-state index in [1.165, 1.54) is 6.42 Å². The molecule has 4 heteroatoms. The molecule has 0 spiro atoms. The molecule has 1 saturated heterocycles. The fourth-order valence-corrected chi connectivity index (χ4v) is 3.37. The van der Waals surface area contributed by atoms with E-state index in [4.69, 9.17) is 27.9 Å². The second-order valence-electron chi connectivity index (χ2n) is 5.67. The Balaban J connectivity index is 2.16. The Morgan fingerprint density at radius 3 is 2.75 bits per heavy atom. The summed E-state index contributed by atoms with van der Waals surface area (Å²) in [5.74, 6) is 0. The molecule has 0 radical (unpaired) electrons. The van der Waals surface area contributed by atoms with Crippen LogP contribution < -0.4 is 5.32 Å². The van der Waals surface area contributed by atoms with E-state index in [2.05, 4.69) is 19.2 Å². The van der Waals surface area contributed by atoms with E-state index in [1.807, 2.05) is 18.2 Å². The van der Waals surface area contributed by atoms with Gasteiger partial charge in [-0.05, 0) is 56.8 Å². The van der Waals surface area contributed by atoms with Gasteiger partial charge in [-0.1, -0.05) is 36.2 Å². The summed E-state index contributed by atoms with van der Waals surface area (Å²) in [5, 5.41) is 4.98. The van der Waals surface area contributed by atoms with Crippen LogP contribution in [-0.2, 0) is 11.2 Å². The molecular weight excluding hydrogens is 293 g/mol. The van der Waals surface area contributed by atoms with Crippen molar-refractivity contribution in [2.24, 2.45) is 0 Å². The van der Waals surface area contributed by atoms with E-state index in [-0.39, 0.29) is 11.6 Å². The largest absolute Gasteiger partial charge is 0.374 e. The molecule has 20 heavy (non-hydrogen) atoms. The molecule has 2 nitrogen and oxygen atoms in total. The van der Waals surface area contributed by atoms with Gasteiger partial charge < -0.3 is 10.1 Å². The van der Waals surface area contributed by atoms with Crippen LogP contribution in [0.2, 0.25) is 10.0 Å². The molecule has 1 aromatic rings. The highest BCUT2D eigenvalue weighted by atomic mass is 35.5. The van der Waals surface area contributed by atoms with Crippen LogP contribution >= 0.6 is 23.2 Å². The molecule has 2 atom stereocenters. The lowest BCUT2D eigenvalue weighted by molar-refractivity contribution is -0.0881. The molecule has 1 heterocycles. The second kappa shape index (κ2) is 7.13. The van der Waals surface area contributed by atoms with Crippen molar-refractivity contribution in [1.82, 2.24) is 5.32 Å². The zero-order chi connectivity index (χ0) is 14.6. The Kier molecular flexibility index (Phi) is 5.74. The van der Waals surface area contributed by atoms with Gasteiger partial charge in [-0.25, -0.2) is 0 Å². The van der Waals surface area contributed by atoms with Gasteiger partial charge in [-0.3, -0.25) is 0 Å². The summed E-state index contributed by atoms with van der Waals surface area (Å²) < 4.78 is 6.08. The third-order valence-corrected chi connectivity index (χ3v) is 4.71. The van der Waals surface area contributed by atoms with E-state index in [0.29, 0.717) is 5.02 Å². The van der Waals surface area contributed by atoms with Crippen LogP contribution in [0, 0.1) is 0 Å². The van der Waals surface area contributed by atoms with Gasteiger partial charge >= 0.3 is 0 Å². The van der Waals surface area contributed by atoms with E-state index in [9.17, 15) is 0 Å². The van der Waals surface area contributed by atoms with Gasteiger partial charge in [-0.15, -0.1) is 0 Å². The highest BCUT2D eigenvalue weighted by Gasteiger charge is 2.36. The van der Waals surface area contributed by atoms with Crippen molar-refractivity contribution < 1.29 is 4.74 Å². The zero-order valence-electron chi connectivity index (χ0n) is 12.2. The normalized spacial score (nSPS) is 24.6. The Bertz CT molecular complexity index is 444. The summed E-state index contributed by atoms with van der Waals surface area (Å²) in [4.78, 5) is 0. The van der Waals surface area contributed by atoms with Crippen LogP contribution in [0.15, 0.2) is 18.2 Å². The maximum atomic E-state index is 6.31. The van der Waals surface area contributed by atoms with Crippen LogP contribution in [0.5, 0.6) is 0 Å². The lowest BCUT2D eigenvalue weighted by atomic mass is 9.84. The Labute approximate surface area is 131 Å². The summed E-state index contributed by atoms with van der Waals surface area (Å²) in [6, 6.07) is 5.99. The Hall–Kier alpha value is -0.280. The molecule has 0 aliphatic carbocycles. The lowest BCUT2D eigenvalue weighted by Crippen LogP contribution is -2.53. The standard InChI is InChI=1S/C16H23Cl2NO/c1-3-19-15(16(2)8-4-5-9-20-16)10-12-6-7-13(17)11-14(12)18/h6-7,11,15,19H,3-5,8-10H2,1-2H3. The van der Waals surface area contributed by atoms with Crippen LogP contribution in [0.4, 0.5) is 0 Å². The number of nitrogens with one attached hydrogen (secondary N) is 1. The first-order valence-corrected chi connectivity index (χ1v) is 8.12. The minimum atomic E-state index is -0.114. The molecule has 0 aromatic heterocycles. The van der Waals surface area contributed by atoms with Crippen LogP contribution in [-0.4, -0.2) is 24.8 Å². The van der Waals surface area contributed by atoms with Crippen LogP contribution in [0.1, 0.15) is 38.7 Å². The third-order valence-electron chi connectivity index (χ3n) is 4.13. The Morgan fingerprint density at radius 1 is 1.35 bits per heavy atom. The van der Waals surface area contributed by atoms with Gasteiger partial charge in [0.05, 0.1) is 5.60 Å². The van der Waals surface area contributed by atoms with Gasteiger partial charge in [0.1, 0.15) is 0 Å². The highest BCUT2D eigenvalue weighted by molar-refractivity contribution is 6.35. The van der Waals surface area contributed by atoms with Gasteiger partial charge in [0.15, 0.2) is 0 Å². The number of halogens is 2. The molecule has 1 N–H and O–H groups in total. The first-order valence-electron chi connectivity index (χ1n) is 7.36. The lowest BCUT2D eigenvalue weighted by Gasteiger charge is -2.41. The molecule has 0 amide bonds. The molecule has 1 aliphatic heterocycles. The predicted molar refractivity (Wildman–Crippen MR) is 85.8 cm³/mol. The summed E-state index contributed by atoms with van der Waals surface area (Å²) in [5.41, 5.74) is 1.01. The third kappa shape index (κ3) is 3.88. The van der Waals surface area contributed by atoms with Crippen molar-refractivity contribution >= 4 is 23.2 Å². The second-order valence-corrected chi connectivity index (χ2v) is 6.51. The average molecular weight is 316 g/mol. The van der Waals surface area contributed by atoms with Gasteiger partial charge in [-0.2, -0.15) is 0 Å². The summed E-state index contributed by atoms with van der Waals surface area (Å²) >= 11 is 12.3. The number of rotatable bonds is 5. The fourth-order valence-electron chi connectivity index (χ4n) is 2.89. The first kappa shape index (κ1) is 16.1. The number of hydrogen-bond acceptors (Lipinski definition) is 2. The minimum absolute atomic E-state index is 0.114. The molecule has 112 valence electrons. The van der Waals surface area contributed by atoms with Crippen molar-refractivity contribution in [1.29, 1.82) is 0 Å². The molecule has 0 bridgehead atoms.